The van der Waals surface area contributed by atoms with Crippen LogP contribution in [0.3, 0.4) is 0 Å². The van der Waals surface area contributed by atoms with Gasteiger partial charge in [0.05, 0.1) is 0 Å². The van der Waals surface area contributed by atoms with E-state index in [4.69, 9.17) is 0 Å². The van der Waals surface area contributed by atoms with Gasteiger partial charge in [-0.2, -0.15) is 0 Å². The Morgan fingerprint density at radius 2 is 1.89 bits per heavy atom. The summed E-state index contributed by atoms with van der Waals surface area (Å²) >= 11 is 0. The second kappa shape index (κ2) is 5.26. The maximum absolute atomic E-state index is 3.82. The summed E-state index contributed by atoms with van der Waals surface area (Å²) in [6, 6.07) is 11.7. The summed E-state index contributed by atoms with van der Waals surface area (Å²) in [5.41, 5.74) is 2.74. The van der Waals surface area contributed by atoms with Crippen molar-refractivity contribution in [3.63, 3.8) is 0 Å². The smallest absolute Gasteiger partial charge is 0.0294 e. The van der Waals surface area contributed by atoms with Crippen molar-refractivity contribution in [1.82, 2.24) is 10.2 Å². The van der Waals surface area contributed by atoms with Crippen LogP contribution in [-0.4, -0.2) is 29.6 Å². The molecule has 0 spiro atoms. The molecule has 104 valence electrons. The number of rotatable bonds is 4. The first-order valence-corrected chi connectivity index (χ1v) is 7.72. The molecule has 1 aliphatic heterocycles. The zero-order valence-electron chi connectivity index (χ0n) is 12.4. The second-order valence-electron chi connectivity index (χ2n) is 6.51. The number of nitrogens with one attached hydrogen (secondary N) is 1. The van der Waals surface area contributed by atoms with Crippen LogP contribution in [0.5, 0.6) is 0 Å². The summed E-state index contributed by atoms with van der Waals surface area (Å²) in [6.07, 6.45) is 4.14. The third-order valence-electron chi connectivity index (χ3n) is 4.70. The van der Waals surface area contributed by atoms with Gasteiger partial charge in [0.1, 0.15) is 0 Å². The van der Waals surface area contributed by atoms with Crippen LogP contribution in [0, 0.1) is 6.92 Å². The van der Waals surface area contributed by atoms with Gasteiger partial charge in [-0.3, -0.25) is 4.90 Å². The summed E-state index contributed by atoms with van der Waals surface area (Å²) in [7, 11) is 0. The maximum atomic E-state index is 3.82. The van der Waals surface area contributed by atoms with Crippen molar-refractivity contribution < 1.29 is 0 Å². The van der Waals surface area contributed by atoms with Gasteiger partial charge in [-0.25, -0.2) is 0 Å². The summed E-state index contributed by atoms with van der Waals surface area (Å²) < 4.78 is 0. The van der Waals surface area contributed by atoms with Gasteiger partial charge in [0, 0.05) is 30.7 Å². The van der Waals surface area contributed by atoms with E-state index < -0.39 is 0 Å². The fraction of sp³-hybridized carbons (Fsp3) is 0.647. The van der Waals surface area contributed by atoms with Gasteiger partial charge >= 0.3 is 0 Å². The molecule has 19 heavy (non-hydrogen) atoms. The molecular formula is C17H26N2. The Kier molecular flexibility index (Phi) is 3.64. The van der Waals surface area contributed by atoms with Crippen LogP contribution in [-0.2, 0) is 0 Å². The molecule has 0 bridgehead atoms. The molecule has 0 aromatic heterocycles. The zero-order chi connectivity index (χ0) is 13.4. The van der Waals surface area contributed by atoms with E-state index in [1.807, 2.05) is 0 Å². The molecule has 1 heterocycles. The molecule has 2 aliphatic rings. The highest BCUT2D eigenvalue weighted by molar-refractivity contribution is 5.23. The first kappa shape index (κ1) is 13.1. The van der Waals surface area contributed by atoms with E-state index in [9.17, 15) is 0 Å². The molecule has 1 aliphatic carbocycles. The standard InChI is InChI=1S/C17H26N2/c1-12-4-6-15(7-5-12)14(3)18-16-10-13(2)19(11-16)17-8-9-17/h4-7,13-14,16-18H,8-11H2,1-3H3/t13?,14-,16?/m1/s1. The lowest BCUT2D eigenvalue weighted by Gasteiger charge is -2.21. The highest BCUT2D eigenvalue weighted by atomic mass is 15.3. The Labute approximate surface area is 117 Å². The van der Waals surface area contributed by atoms with E-state index in [0.717, 1.165) is 12.1 Å². The molecule has 0 radical (unpaired) electrons. The van der Waals surface area contributed by atoms with E-state index in [-0.39, 0.29) is 0 Å². The van der Waals surface area contributed by atoms with E-state index >= 15 is 0 Å². The van der Waals surface area contributed by atoms with Crippen LogP contribution in [0.1, 0.15) is 50.3 Å². The minimum atomic E-state index is 0.456. The van der Waals surface area contributed by atoms with Crippen molar-refractivity contribution in [2.24, 2.45) is 0 Å². The molecule has 1 saturated heterocycles. The molecule has 1 aromatic carbocycles. The predicted octanol–water partition coefficient (Wildman–Crippen LogP) is 3.27. The molecule has 1 saturated carbocycles. The van der Waals surface area contributed by atoms with Gasteiger partial charge in [0.15, 0.2) is 0 Å². The topological polar surface area (TPSA) is 15.3 Å². The van der Waals surface area contributed by atoms with Gasteiger partial charge in [-0.05, 0) is 45.6 Å². The van der Waals surface area contributed by atoms with E-state index in [1.165, 1.54) is 36.9 Å². The number of hydrogen-bond donors (Lipinski definition) is 1. The molecule has 1 aromatic rings. The second-order valence-corrected chi connectivity index (χ2v) is 6.51. The van der Waals surface area contributed by atoms with Gasteiger partial charge < -0.3 is 5.32 Å². The number of likely N-dealkylation sites (tertiary alicyclic amines) is 1. The van der Waals surface area contributed by atoms with Crippen molar-refractivity contribution in [2.75, 3.05) is 6.54 Å². The lowest BCUT2D eigenvalue weighted by molar-refractivity contribution is 0.254. The summed E-state index contributed by atoms with van der Waals surface area (Å²) in [6.45, 7) is 8.06. The molecular weight excluding hydrogens is 232 g/mol. The molecule has 3 rings (SSSR count). The largest absolute Gasteiger partial charge is 0.306 e. The van der Waals surface area contributed by atoms with Crippen LogP contribution in [0.25, 0.3) is 0 Å². The highest BCUT2D eigenvalue weighted by Crippen LogP contribution is 2.33. The highest BCUT2D eigenvalue weighted by Gasteiger charge is 2.38. The van der Waals surface area contributed by atoms with Crippen LogP contribution in [0.2, 0.25) is 0 Å². The normalized spacial score (nSPS) is 29.6. The lowest BCUT2D eigenvalue weighted by Crippen LogP contribution is -2.35. The summed E-state index contributed by atoms with van der Waals surface area (Å²) in [4.78, 5) is 2.71. The quantitative estimate of drug-likeness (QED) is 0.891. The third-order valence-corrected chi connectivity index (χ3v) is 4.70. The van der Waals surface area contributed by atoms with E-state index in [0.29, 0.717) is 12.1 Å². The van der Waals surface area contributed by atoms with Crippen LogP contribution in [0.4, 0.5) is 0 Å². The average molecular weight is 258 g/mol. The Morgan fingerprint density at radius 1 is 1.21 bits per heavy atom. The maximum Gasteiger partial charge on any atom is 0.0294 e. The van der Waals surface area contributed by atoms with Crippen molar-refractivity contribution in [2.45, 2.75) is 64.2 Å². The zero-order valence-corrected chi connectivity index (χ0v) is 12.4. The number of hydrogen-bond acceptors (Lipinski definition) is 2. The molecule has 2 fully saturated rings. The van der Waals surface area contributed by atoms with Crippen LogP contribution in [0.15, 0.2) is 24.3 Å². The monoisotopic (exact) mass is 258 g/mol. The van der Waals surface area contributed by atoms with E-state index in [2.05, 4.69) is 55.3 Å². The van der Waals surface area contributed by atoms with Gasteiger partial charge in [-0.1, -0.05) is 29.8 Å². The summed E-state index contributed by atoms with van der Waals surface area (Å²) in [5.74, 6) is 0. The Balaban J connectivity index is 1.57. The van der Waals surface area contributed by atoms with Gasteiger partial charge in [0.2, 0.25) is 0 Å². The first-order chi connectivity index (χ1) is 9.13. The van der Waals surface area contributed by atoms with Crippen molar-refractivity contribution >= 4 is 0 Å². The fourth-order valence-corrected chi connectivity index (χ4v) is 3.40. The minimum Gasteiger partial charge on any atom is -0.306 e. The number of nitrogens with zero attached hydrogens (tertiary/aromatic N) is 1. The van der Waals surface area contributed by atoms with Crippen LogP contribution >= 0.6 is 0 Å². The van der Waals surface area contributed by atoms with Crippen LogP contribution < -0.4 is 5.32 Å². The molecule has 2 nitrogen and oxygen atoms in total. The van der Waals surface area contributed by atoms with Crippen molar-refractivity contribution in [1.29, 1.82) is 0 Å². The Hall–Kier alpha value is -0.860. The van der Waals surface area contributed by atoms with Gasteiger partial charge in [-0.15, -0.1) is 0 Å². The minimum absolute atomic E-state index is 0.456. The number of benzene rings is 1. The summed E-state index contributed by atoms with van der Waals surface area (Å²) in [5, 5.41) is 3.82. The number of aryl methyl sites for hydroxylation is 1. The molecule has 0 amide bonds. The Bertz CT molecular complexity index is 421. The average Bonchev–Trinajstić information content (AvgIpc) is 3.15. The lowest BCUT2D eigenvalue weighted by atomic mass is 10.0. The van der Waals surface area contributed by atoms with E-state index in [1.54, 1.807) is 0 Å². The molecule has 3 atom stereocenters. The Morgan fingerprint density at radius 3 is 2.53 bits per heavy atom. The first-order valence-electron chi connectivity index (χ1n) is 7.72. The SMILES string of the molecule is Cc1ccc([C@@H](C)NC2CC(C)N(C3CC3)C2)cc1. The molecule has 2 heteroatoms. The van der Waals surface area contributed by atoms with Crippen molar-refractivity contribution in [3.05, 3.63) is 35.4 Å². The molecule has 2 unspecified atom stereocenters. The third kappa shape index (κ3) is 3.01. The molecule has 1 N–H and O–H groups in total. The van der Waals surface area contributed by atoms with Gasteiger partial charge in [0.25, 0.3) is 0 Å². The predicted molar refractivity (Wildman–Crippen MR) is 80.3 cm³/mol. The fourth-order valence-electron chi connectivity index (χ4n) is 3.40. The van der Waals surface area contributed by atoms with Crippen molar-refractivity contribution in [3.8, 4) is 0 Å².